The van der Waals surface area contributed by atoms with E-state index in [1.165, 1.54) is 0 Å². The Morgan fingerprint density at radius 2 is 2.19 bits per heavy atom. The molecule has 1 aliphatic rings. The van der Waals surface area contributed by atoms with Crippen molar-refractivity contribution in [2.75, 3.05) is 0 Å². The fourth-order valence-corrected chi connectivity index (χ4v) is 2.50. The molecule has 16 heavy (non-hydrogen) atoms. The van der Waals surface area contributed by atoms with Crippen molar-refractivity contribution in [2.24, 2.45) is 0 Å². The zero-order valence-electron chi connectivity index (χ0n) is 8.99. The molecule has 2 heterocycles. The van der Waals surface area contributed by atoms with Gasteiger partial charge in [-0.2, -0.15) is 0 Å². The van der Waals surface area contributed by atoms with E-state index in [-0.39, 0.29) is 17.3 Å². The average molecular weight is 216 g/mol. The molecule has 1 aromatic carbocycles. The van der Waals surface area contributed by atoms with Crippen LogP contribution in [-0.4, -0.2) is 9.55 Å². The number of nitrogens with one attached hydrogen (secondary N) is 1. The lowest BCUT2D eigenvalue weighted by Gasteiger charge is -2.24. The lowest BCUT2D eigenvalue weighted by Crippen LogP contribution is -2.34. The normalized spacial score (nSPS) is 18.9. The third-order valence-corrected chi connectivity index (χ3v) is 3.32. The maximum absolute atomic E-state index is 11.8. The van der Waals surface area contributed by atoms with E-state index >= 15 is 0 Å². The van der Waals surface area contributed by atoms with Gasteiger partial charge in [-0.25, -0.2) is 4.79 Å². The minimum atomic E-state index is -0.294. The van der Waals surface area contributed by atoms with Crippen LogP contribution < -0.4 is 11.2 Å². The molecule has 3 rings (SSSR count). The van der Waals surface area contributed by atoms with Gasteiger partial charge in [-0.15, -0.1) is 0 Å². The SMILES string of the molecule is CC1CCc2cccc3c(=O)[nH]c(=O)n1c23. The molecule has 4 nitrogen and oxygen atoms in total. The summed E-state index contributed by atoms with van der Waals surface area (Å²) in [4.78, 5) is 25.8. The molecule has 1 N–H and O–H groups in total. The van der Waals surface area contributed by atoms with Crippen LogP contribution >= 0.6 is 0 Å². The molecule has 1 aliphatic heterocycles. The number of rotatable bonds is 0. The zero-order valence-corrected chi connectivity index (χ0v) is 8.99. The zero-order chi connectivity index (χ0) is 11.3. The summed E-state index contributed by atoms with van der Waals surface area (Å²) in [6.07, 6.45) is 1.87. The standard InChI is InChI=1S/C12H12N2O2/c1-7-5-6-8-3-2-4-9-10(8)14(7)12(16)13-11(9)15/h2-4,7H,5-6H2,1H3,(H,13,15,16). The highest BCUT2D eigenvalue weighted by molar-refractivity contribution is 5.81. The van der Waals surface area contributed by atoms with Crippen LogP contribution in [-0.2, 0) is 6.42 Å². The van der Waals surface area contributed by atoms with Crippen LogP contribution in [0.3, 0.4) is 0 Å². The molecule has 0 spiro atoms. The summed E-state index contributed by atoms with van der Waals surface area (Å²) >= 11 is 0. The Morgan fingerprint density at radius 1 is 1.38 bits per heavy atom. The van der Waals surface area contributed by atoms with Gasteiger partial charge in [-0.3, -0.25) is 14.3 Å². The van der Waals surface area contributed by atoms with E-state index in [0.29, 0.717) is 5.39 Å². The van der Waals surface area contributed by atoms with Crippen molar-refractivity contribution < 1.29 is 0 Å². The van der Waals surface area contributed by atoms with Gasteiger partial charge in [0.15, 0.2) is 0 Å². The summed E-state index contributed by atoms with van der Waals surface area (Å²) < 4.78 is 1.70. The molecule has 0 fully saturated rings. The quantitative estimate of drug-likeness (QED) is 0.719. The lowest BCUT2D eigenvalue weighted by molar-refractivity contribution is 0.480. The third kappa shape index (κ3) is 1.10. The van der Waals surface area contributed by atoms with E-state index in [4.69, 9.17) is 0 Å². The molecule has 1 aromatic heterocycles. The van der Waals surface area contributed by atoms with Gasteiger partial charge in [0.05, 0.1) is 10.9 Å². The molecule has 2 aromatic rings. The Kier molecular flexibility index (Phi) is 1.80. The smallest absolute Gasteiger partial charge is 0.290 e. The highest BCUT2D eigenvalue weighted by Gasteiger charge is 2.20. The summed E-state index contributed by atoms with van der Waals surface area (Å²) in [6.45, 7) is 2.01. The van der Waals surface area contributed by atoms with Crippen LogP contribution in [0, 0.1) is 0 Å². The van der Waals surface area contributed by atoms with E-state index in [9.17, 15) is 9.59 Å². The average Bonchev–Trinajstić information content (AvgIpc) is 2.26. The van der Waals surface area contributed by atoms with E-state index in [0.717, 1.165) is 23.9 Å². The van der Waals surface area contributed by atoms with Crippen LogP contribution in [0.2, 0.25) is 0 Å². The van der Waals surface area contributed by atoms with Crippen LogP contribution in [0.1, 0.15) is 24.9 Å². The maximum atomic E-state index is 11.8. The molecule has 4 heteroatoms. The largest absolute Gasteiger partial charge is 0.329 e. The van der Waals surface area contributed by atoms with E-state index < -0.39 is 0 Å². The number of aromatic amines is 1. The van der Waals surface area contributed by atoms with Crippen molar-refractivity contribution >= 4 is 10.9 Å². The minimum Gasteiger partial charge on any atom is -0.290 e. The van der Waals surface area contributed by atoms with Crippen molar-refractivity contribution in [1.29, 1.82) is 0 Å². The maximum Gasteiger partial charge on any atom is 0.329 e. The van der Waals surface area contributed by atoms with Crippen LogP contribution in [0.15, 0.2) is 27.8 Å². The summed E-state index contributed by atoms with van der Waals surface area (Å²) in [7, 11) is 0. The highest BCUT2D eigenvalue weighted by Crippen LogP contribution is 2.26. The predicted octanol–water partition coefficient (Wildman–Crippen LogP) is 1.20. The molecule has 1 atom stereocenters. The van der Waals surface area contributed by atoms with E-state index in [1.807, 2.05) is 19.1 Å². The first kappa shape index (κ1) is 9.39. The topological polar surface area (TPSA) is 54.9 Å². The van der Waals surface area contributed by atoms with Crippen molar-refractivity contribution in [3.63, 3.8) is 0 Å². The molecule has 0 bridgehead atoms. The number of hydrogen-bond donors (Lipinski definition) is 1. The molecular formula is C12H12N2O2. The minimum absolute atomic E-state index is 0.154. The van der Waals surface area contributed by atoms with Gasteiger partial charge in [0.1, 0.15) is 0 Å². The molecule has 82 valence electrons. The molecule has 0 aliphatic carbocycles. The molecule has 1 unspecified atom stereocenters. The molecule has 0 radical (unpaired) electrons. The van der Waals surface area contributed by atoms with Crippen LogP contribution in [0.25, 0.3) is 10.9 Å². The number of aromatic nitrogens is 2. The fourth-order valence-electron chi connectivity index (χ4n) is 2.50. The van der Waals surface area contributed by atoms with Gasteiger partial charge >= 0.3 is 5.69 Å². The Hall–Kier alpha value is -1.84. The second-order valence-corrected chi connectivity index (χ2v) is 4.33. The van der Waals surface area contributed by atoms with Gasteiger partial charge < -0.3 is 0 Å². The summed E-state index contributed by atoms with van der Waals surface area (Å²) in [5.41, 5.74) is 1.33. The predicted molar refractivity (Wildman–Crippen MR) is 61.9 cm³/mol. The summed E-state index contributed by atoms with van der Waals surface area (Å²) in [5, 5.41) is 0.614. The van der Waals surface area contributed by atoms with Crippen LogP contribution in [0.5, 0.6) is 0 Å². The van der Waals surface area contributed by atoms with E-state index in [2.05, 4.69) is 4.98 Å². The lowest BCUT2D eigenvalue weighted by atomic mass is 9.98. The number of para-hydroxylation sites is 1. The van der Waals surface area contributed by atoms with Crippen molar-refractivity contribution in [2.45, 2.75) is 25.8 Å². The second kappa shape index (κ2) is 3.07. The number of aryl methyl sites for hydroxylation is 1. The van der Waals surface area contributed by atoms with Crippen molar-refractivity contribution in [3.8, 4) is 0 Å². The first-order valence-electron chi connectivity index (χ1n) is 5.45. The third-order valence-electron chi connectivity index (χ3n) is 3.32. The highest BCUT2D eigenvalue weighted by atomic mass is 16.2. The number of benzene rings is 1. The van der Waals surface area contributed by atoms with Gasteiger partial charge in [-0.05, 0) is 31.4 Å². The molecular weight excluding hydrogens is 204 g/mol. The number of nitrogens with zero attached hydrogens (tertiary/aromatic N) is 1. The Morgan fingerprint density at radius 3 is 3.00 bits per heavy atom. The second-order valence-electron chi connectivity index (χ2n) is 4.33. The Labute approximate surface area is 91.5 Å². The van der Waals surface area contributed by atoms with Crippen molar-refractivity contribution in [3.05, 3.63) is 44.6 Å². The number of hydrogen-bond acceptors (Lipinski definition) is 2. The fraction of sp³-hybridized carbons (Fsp3) is 0.333. The van der Waals surface area contributed by atoms with Gasteiger partial charge in [-0.1, -0.05) is 12.1 Å². The molecule has 0 saturated carbocycles. The summed E-state index contributed by atoms with van der Waals surface area (Å²) in [6, 6.07) is 5.79. The van der Waals surface area contributed by atoms with Crippen LogP contribution in [0.4, 0.5) is 0 Å². The van der Waals surface area contributed by atoms with E-state index in [1.54, 1.807) is 10.6 Å². The summed E-state index contributed by atoms with van der Waals surface area (Å²) in [5.74, 6) is 0. The Balaban J connectivity index is 2.63. The molecule has 0 saturated heterocycles. The monoisotopic (exact) mass is 216 g/mol. The Bertz CT molecular complexity index is 681. The number of H-pyrrole nitrogens is 1. The molecule has 0 amide bonds. The van der Waals surface area contributed by atoms with Gasteiger partial charge in [0.2, 0.25) is 0 Å². The first-order valence-corrected chi connectivity index (χ1v) is 5.45. The van der Waals surface area contributed by atoms with Crippen molar-refractivity contribution in [1.82, 2.24) is 9.55 Å². The van der Waals surface area contributed by atoms with Gasteiger partial charge in [0.25, 0.3) is 5.56 Å². The first-order chi connectivity index (χ1) is 7.68. The van der Waals surface area contributed by atoms with Gasteiger partial charge in [0, 0.05) is 6.04 Å².